The molecule has 88 heavy (non-hydrogen) atoms. The number of carbonyl (C=O) groups is 4. The van der Waals surface area contributed by atoms with Gasteiger partial charge < -0.3 is 64.6 Å². The van der Waals surface area contributed by atoms with Crippen molar-refractivity contribution in [2.24, 2.45) is 7.05 Å². The maximum absolute atomic E-state index is 13.7. The van der Waals surface area contributed by atoms with E-state index in [2.05, 4.69) is 31.0 Å². The number of amides is 4. The Balaban J connectivity index is 0.552. The van der Waals surface area contributed by atoms with Gasteiger partial charge in [-0.3, -0.25) is 37.9 Å². The highest BCUT2D eigenvalue weighted by molar-refractivity contribution is 6.45. The standard InChI is InChI=1S/C62H78Cl2N12O12/c1-42(44-6-4-3-5-7-44)34-53(80)73-21-15-62(83,16-22-73)40-75-41-68-58-59(61(75)82)71-72(2)60(58)45-10-8-43(9-11-45)36-65-37-52(79)67-18-25-85-27-29-87-31-33-88-32-30-86-28-26-84-24-14-51(78)66-17-23-76-20-13-50(70-76)46-35-48(63)56(64)57-55(46)47-38-74(54(81)39-77)19-12-49(47)69-57/h3-11,13,20,35,41-42,65,69,77,83H,12,14-19,21-34,36-40H2,1-2H3,(H,66,78)(H,67,79)/t42-/m1/s1. The third-order valence-corrected chi connectivity index (χ3v) is 16.5. The van der Waals surface area contributed by atoms with Gasteiger partial charge in [0.05, 0.1) is 125 Å². The largest absolute Gasteiger partial charge is 0.388 e. The summed E-state index contributed by atoms with van der Waals surface area (Å²) in [5, 5.41) is 40.7. The van der Waals surface area contributed by atoms with Gasteiger partial charge >= 0.3 is 0 Å². The number of hydrogen-bond donors (Lipinski definition) is 6. The summed E-state index contributed by atoms with van der Waals surface area (Å²) in [4.78, 5) is 75.5. The zero-order valence-electron chi connectivity index (χ0n) is 49.8. The number of aromatic nitrogens is 7. The van der Waals surface area contributed by atoms with E-state index in [-0.39, 0.29) is 66.7 Å². The van der Waals surface area contributed by atoms with Crippen LogP contribution in [-0.4, -0.2) is 195 Å². The number of nitrogens with zero attached hydrogens (tertiary/aromatic N) is 8. The summed E-state index contributed by atoms with van der Waals surface area (Å²) in [6.07, 6.45) is 5.16. The number of aromatic amines is 1. The van der Waals surface area contributed by atoms with Crippen molar-refractivity contribution in [2.45, 2.75) is 76.7 Å². The summed E-state index contributed by atoms with van der Waals surface area (Å²) in [6, 6.07) is 21.3. The SMILES string of the molecule is C[C@H](CC(=O)N1CCC(O)(Cn2cnc3c(-c4ccc(CNCC(=O)NCCOCCOCCOCCOCCOCCC(=O)NCCn5ccc(-c6cc(Cl)c(Cl)c7[nH]c8c(c67)CN(C(=O)CO)CC8)n5)cc4)n(C)nc3c2=O)CC1)c1ccccc1. The fourth-order valence-corrected chi connectivity index (χ4v) is 11.3. The van der Waals surface area contributed by atoms with E-state index in [1.165, 1.54) is 10.9 Å². The molecule has 2 aliphatic heterocycles. The maximum Gasteiger partial charge on any atom is 0.281 e. The van der Waals surface area contributed by atoms with Gasteiger partial charge in [-0.15, -0.1) is 0 Å². The molecule has 24 nitrogen and oxygen atoms in total. The molecule has 0 saturated carbocycles. The molecule has 0 radical (unpaired) electrons. The van der Waals surface area contributed by atoms with Crippen molar-refractivity contribution in [1.29, 1.82) is 0 Å². The summed E-state index contributed by atoms with van der Waals surface area (Å²) in [6.45, 7) is 8.52. The molecule has 2 aliphatic rings. The Labute approximate surface area is 519 Å². The number of halogens is 2. The normalized spacial score (nSPS) is 14.4. The molecule has 26 heteroatoms. The lowest BCUT2D eigenvalue weighted by Gasteiger charge is -2.38. The van der Waals surface area contributed by atoms with Crippen molar-refractivity contribution >= 4 is 68.8 Å². The molecule has 4 aromatic heterocycles. The number of rotatable bonds is 33. The van der Waals surface area contributed by atoms with Gasteiger partial charge in [0.15, 0.2) is 5.52 Å². The third-order valence-electron chi connectivity index (χ3n) is 15.8. The number of hydrogen-bond acceptors (Lipinski definition) is 16. The minimum Gasteiger partial charge on any atom is -0.388 e. The van der Waals surface area contributed by atoms with E-state index in [1.807, 2.05) is 73.8 Å². The Morgan fingerprint density at radius 3 is 2.15 bits per heavy atom. The number of benzene rings is 3. The Morgan fingerprint density at radius 1 is 0.784 bits per heavy atom. The van der Waals surface area contributed by atoms with Crippen LogP contribution in [0.1, 0.15) is 60.9 Å². The van der Waals surface area contributed by atoms with Gasteiger partial charge in [-0.25, -0.2) is 4.98 Å². The zero-order chi connectivity index (χ0) is 62.0. The number of aliphatic hydroxyl groups excluding tert-OH is 1. The second-order valence-corrected chi connectivity index (χ2v) is 22.8. The highest BCUT2D eigenvalue weighted by Crippen LogP contribution is 2.42. The van der Waals surface area contributed by atoms with Crippen LogP contribution < -0.4 is 21.5 Å². The number of nitrogens with one attached hydrogen (secondary N) is 4. The van der Waals surface area contributed by atoms with Crippen molar-refractivity contribution < 1.29 is 53.1 Å². The van der Waals surface area contributed by atoms with Gasteiger partial charge in [0.2, 0.25) is 23.6 Å². The van der Waals surface area contributed by atoms with Crippen LogP contribution in [0.3, 0.4) is 0 Å². The van der Waals surface area contributed by atoms with Crippen LogP contribution in [0.2, 0.25) is 10.0 Å². The monoisotopic (exact) mass is 1250 g/mol. The number of likely N-dealkylation sites (tertiary alicyclic amines) is 1. The van der Waals surface area contributed by atoms with Gasteiger partial charge in [0.25, 0.3) is 5.56 Å². The van der Waals surface area contributed by atoms with Crippen LogP contribution in [0, 0.1) is 0 Å². The lowest BCUT2D eigenvalue weighted by atomic mass is 9.90. The molecular formula is C62H78Cl2N12O12. The van der Waals surface area contributed by atoms with Crippen molar-refractivity contribution in [3.8, 4) is 22.5 Å². The molecule has 0 spiro atoms. The van der Waals surface area contributed by atoms with Crippen LogP contribution in [0.4, 0.5) is 0 Å². The van der Waals surface area contributed by atoms with E-state index < -0.39 is 12.2 Å². The molecule has 7 aromatic rings. The first-order valence-corrected chi connectivity index (χ1v) is 30.6. The first-order valence-electron chi connectivity index (χ1n) is 29.8. The summed E-state index contributed by atoms with van der Waals surface area (Å²) in [5.74, 6) is -0.499. The minimum absolute atomic E-state index is 0.0498. The number of piperidine rings is 1. The number of aryl methyl sites for hydroxylation is 1. The van der Waals surface area contributed by atoms with E-state index in [9.17, 15) is 34.2 Å². The van der Waals surface area contributed by atoms with Crippen LogP contribution in [-0.2, 0) is 82.5 Å². The Morgan fingerprint density at radius 2 is 1.45 bits per heavy atom. The molecule has 3 aromatic carbocycles. The molecule has 1 fully saturated rings. The van der Waals surface area contributed by atoms with Crippen LogP contribution in [0.5, 0.6) is 0 Å². The smallest absolute Gasteiger partial charge is 0.281 e. The van der Waals surface area contributed by atoms with Crippen molar-refractivity contribution in [3.63, 3.8) is 0 Å². The van der Waals surface area contributed by atoms with Crippen molar-refractivity contribution in [1.82, 2.24) is 59.8 Å². The highest BCUT2D eigenvalue weighted by atomic mass is 35.5. The van der Waals surface area contributed by atoms with Gasteiger partial charge in [-0.1, -0.05) is 84.7 Å². The van der Waals surface area contributed by atoms with Gasteiger partial charge in [0, 0.05) is 106 Å². The molecule has 6 N–H and O–H groups in total. The summed E-state index contributed by atoms with van der Waals surface area (Å²) in [7, 11) is 1.76. The molecular weight excluding hydrogens is 1180 g/mol. The lowest BCUT2D eigenvalue weighted by Crippen LogP contribution is -2.49. The maximum atomic E-state index is 13.7. The van der Waals surface area contributed by atoms with Gasteiger partial charge in [-0.05, 0) is 42.0 Å². The summed E-state index contributed by atoms with van der Waals surface area (Å²) in [5.41, 5.74) is 6.73. The molecule has 0 aliphatic carbocycles. The fourth-order valence-electron chi connectivity index (χ4n) is 10.9. The molecule has 9 rings (SSSR count). The molecule has 472 valence electrons. The second kappa shape index (κ2) is 31.9. The van der Waals surface area contributed by atoms with Crippen LogP contribution >= 0.6 is 23.2 Å². The first-order chi connectivity index (χ1) is 42.7. The third kappa shape index (κ3) is 17.4. The predicted molar refractivity (Wildman–Crippen MR) is 331 cm³/mol. The number of aliphatic hydroxyl groups is 2. The van der Waals surface area contributed by atoms with Gasteiger partial charge in [-0.2, -0.15) is 10.2 Å². The molecule has 1 saturated heterocycles. The van der Waals surface area contributed by atoms with Crippen molar-refractivity contribution in [3.05, 3.63) is 122 Å². The zero-order valence-corrected chi connectivity index (χ0v) is 51.3. The van der Waals surface area contributed by atoms with E-state index >= 15 is 0 Å². The molecule has 1 atom stereocenters. The topological polar surface area (TPSA) is 284 Å². The molecule has 4 amide bonds. The Kier molecular flexibility index (Phi) is 23.7. The Hall–Kier alpha value is -7.10. The molecule has 0 unspecified atom stereocenters. The van der Waals surface area contributed by atoms with E-state index in [0.29, 0.717) is 170 Å². The van der Waals surface area contributed by atoms with E-state index in [4.69, 9.17) is 52.0 Å². The number of carbonyl (C=O) groups excluding carboxylic acids is 4. The minimum atomic E-state index is -1.17. The van der Waals surface area contributed by atoms with Crippen LogP contribution in [0.25, 0.3) is 44.5 Å². The fraction of sp³-hybridized carbons (Fsp3) is 0.484. The van der Waals surface area contributed by atoms with Gasteiger partial charge in [0.1, 0.15) is 12.1 Å². The van der Waals surface area contributed by atoms with E-state index in [1.54, 1.807) is 32.3 Å². The first kappa shape index (κ1) is 65.3. The number of ether oxygens (including phenoxy) is 5. The molecule has 0 bridgehead atoms. The quantitative estimate of drug-likeness (QED) is 0.0312. The molecule has 6 heterocycles. The summed E-state index contributed by atoms with van der Waals surface area (Å²) >= 11 is 13.1. The predicted octanol–water partition coefficient (Wildman–Crippen LogP) is 4.37. The second-order valence-electron chi connectivity index (χ2n) is 22.0. The van der Waals surface area contributed by atoms with E-state index in [0.717, 1.165) is 38.9 Å². The Bertz CT molecular complexity index is 3530. The lowest BCUT2D eigenvalue weighted by molar-refractivity contribution is -0.136. The number of H-pyrrole nitrogens is 1. The van der Waals surface area contributed by atoms with Crippen molar-refractivity contribution in [2.75, 3.05) is 112 Å². The highest BCUT2D eigenvalue weighted by Gasteiger charge is 2.36. The number of fused-ring (bicyclic) bond motifs is 4. The average Bonchev–Trinajstić information content (AvgIpc) is 2.08. The summed E-state index contributed by atoms with van der Waals surface area (Å²) < 4.78 is 32.6. The average molecular weight is 1250 g/mol. The van der Waals surface area contributed by atoms with Crippen LogP contribution in [0.15, 0.2) is 84.0 Å².